The van der Waals surface area contributed by atoms with Crippen LogP contribution in [0.4, 0.5) is 11.5 Å². The number of para-hydroxylation sites is 1. The van der Waals surface area contributed by atoms with Crippen molar-refractivity contribution in [3.8, 4) is 0 Å². The van der Waals surface area contributed by atoms with E-state index >= 15 is 0 Å². The van der Waals surface area contributed by atoms with Crippen LogP contribution in [0.25, 0.3) is 0 Å². The van der Waals surface area contributed by atoms with Gasteiger partial charge in [-0.3, -0.25) is 4.79 Å². The van der Waals surface area contributed by atoms with Crippen LogP contribution in [0.15, 0.2) is 42.5 Å². The Bertz CT molecular complexity index is 596. The largest absolute Gasteiger partial charge is 0.350 e. The monoisotopic (exact) mass is 298 g/mol. The van der Waals surface area contributed by atoms with Crippen molar-refractivity contribution in [3.05, 3.63) is 48.2 Å². The van der Waals surface area contributed by atoms with E-state index in [1.807, 2.05) is 55.1 Å². The van der Waals surface area contributed by atoms with Gasteiger partial charge in [0.05, 0.1) is 0 Å². The van der Waals surface area contributed by atoms with Crippen LogP contribution in [0.3, 0.4) is 0 Å². The lowest BCUT2D eigenvalue weighted by atomic mass is 10.2. The number of aromatic nitrogens is 2. The Morgan fingerprint density at radius 3 is 2.41 bits per heavy atom. The summed E-state index contributed by atoms with van der Waals surface area (Å²) in [5.74, 6) is 0.953. The first-order valence-corrected chi connectivity index (χ1v) is 7.56. The number of carbonyl (C=O) groups excluding carboxylic acids is 1. The van der Waals surface area contributed by atoms with Gasteiger partial charge in [0.15, 0.2) is 11.5 Å². The zero-order chi connectivity index (χ0) is 15.9. The molecule has 0 unspecified atom stereocenters. The second-order valence-electron chi connectivity index (χ2n) is 5.46. The Morgan fingerprint density at radius 2 is 1.86 bits per heavy atom. The lowest BCUT2D eigenvalue weighted by molar-refractivity contribution is 0.0943. The number of nitrogens with one attached hydrogen (secondary N) is 1. The molecule has 1 aromatic heterocycles. The first-order chi connectivity index (χ1) is 10.6. The molecule has 0 saturated heterocycles. The third-order valence-electron chi connectivity index (χ3n) is 3.21. The minimum absolute atomic E-state index is 0.185. The minimum Gasteiger partial charge on any atom is -0.350 e. The molecular formula is C17H22N4O. The zero-order valence-corrected chi connectivity index (χ0v) is 13.3. The second-order valence-corrected chi connectivity index (χ2v) is 5.46. The molecule has 0 atom stereocenters. The van der Waals surface area contributed by atoms with Gasteiger partial charge in [-0.1, -0.05) is 32.0 Å². The number of nitrogens with zero attached hydrogens (tertiary/aromatic N) is 3. The summed E-state index contributed by atoms with van der Waals surface area (Å²) < 4.78 is 0. The average Bonchev–Trinajstić information content (AvgIpc) is 2.55. The Labute approximate surface area is 131 Å². The summed E-state index contributed by atoms with van der Waals surface area (Å²) in [5.41, 5.74) is 1.39. The van der Waals surface area contributed by atoms with Crippen molar-refractivity contribution in [2.24, 2.45) is 5.92 Å². The van der Waals surface area contributed by atoms with Gasteiger partial charge in [0.25, 0.3) is 5.91 Å². The van der Waals surface area contributed by atoms with Gasteiger partial charge < -0.3 is 10.2 Å². The number of benzene rings is 1. The van der Waals surface area contributed by atoms with Crippen molar-refractivity contribution < 1.29 is 4.79 Å². The van der Waals surface area contributed by atoms with Crippen LogP contribution < -0.4 is 10.2 Å². The number of carbonyl (C=O) groups is 1. The summed E-state index contributed by atoms with van der Waals surface area (Å²) in [6, 6.07) is 13.5. The first-order valence-electron chi connectivity index (χ1n) is 7.56. The summed E-state index contributed by atoms with van der Waals surface area (Å²) in [4.78, 5) is 14.0. The number of hydrogen-bond donors (Lipinski definition) is 1. The number of anilines is 2. The standard InChI is InChI=1S/C17H22N4O/c1-4-21(14-8-6-5-7-9-14)16-11-10-15(19-20-16)17(22)18-12-13(2)3/h5-11,13H,4,12H2,1-3H3,(H,18,22). The van der Waals surface area contributed by atoms with E-state index in [9.17, 15) is 4.79 Å². The molecule has 2 rings (SSSR count). The Kier molecular flexibility index (Phi) is 5.47. The lowest BCUT2D eigenvalue weighted by Crippen LogP contribution is -2.28. The van der Waals surface area contributed by atoms with Crippen LogP contribution in [0.5, 0.6) is 0 Å². The lowest BCUT2D eigenvalue weighted by Gasteiger charge is -2.21. The fourth-order valence-corrected chi connectivity index (χ4v) is 2.06. The van der Waals surface area contributed by atoms with Gasteiger partial charge in [-0.15, -0.1) is 10.2 Å². The highest BCUT2D eigenvalue weighted by Crippen LogP contribution is 2.22. The third kappa shape index (κ3) is 4.04. The van der Waals surface area contributed by atoms with Crippen molar-refractivity contribution in [2.45, 2.75) is 20.8 Å². The number of rotatable bonds is 6. The molecule has 0 saturated carbocycles. The quantitative estimate of drug-likeness (QED) is 0.890. The van der Waals surface area contributed by atoms with E-state index in [1.54, 1.807) is 6.07 Å². The summed E-state index contributed by atoms with van der Waals surface area (Å²) in [5, 5.41) is 11.1. The molecular weight excluding hydrogens is 276 g/mol. The average molecular weight is 298 g/mol. The van der Waals surface area contributed by atoms with E-state index in [0.717, 1.165) is 18.1 Å². The van der Waals surface area contributed by atoms with E-state index < -0.39 is 0 Å². The van der Waals surface area contributed by atoms with E-state index in [4.69, 9.17) is 0 Å². The molecule has 0 aliphatic rings. The zero-order valence-electron chi connectivity index (χ0n) is 13.3. The van der Waals surface area contributed by atoms with Crippen LogP contribution in [0.1, 0.15) is 31.3 Å². The molecule has 0 aliphatic heterocycles. The van der Waals surface area contributed by atoms with Gasteiger partial charge in [0.1, 0.15) is 0 Å². The summed E-state index contributed by atoms with van der Waals surface area (Å²) in [7, 11) is 0. The van der Waals surface area contributed by atoms with Crippen LogP contribution in [0, 0.1) is 5.92 Å². The topological polar surface area (TPSA) is 58.1 Å². The number of hydrogen-bond acceptors (Lipinski definition) is 4. The molecule has 0 bridgehead atoms. The van der Waals surface area contributed by atoms with E-state index in [2.05, 4.69) is 22.4 Å². The minimum atomic E-state index is -0.185. The molecule has 5 nitrogen and oxygen atoms in total. The highest BCUT2D eigenvalue weighted by atomic mass is 16.1. The summed E-state index contributed by atoms with van der Waals surface area (Å²) in [6.45, 7) is 7.56. The smallest absolute Gasteiger partial charge is 0.271 e. The molecule has 1 aromatic carbocycles. The van der Waals surface area contributed by atoms with Gasteiger partial charge in [0, 0.05) is 18.8 Å². The van der Waals surface area contributed by atoms with Crippen molar-refractivity contribution in [1.29, 1.82) is 0 Å². The molecule has 0 spiro atoms. The second kappa shape index (κ2) is 7.54. The Balaban J connectivity index is 2.12. The number of amides is 1. The van der Waals surface area contributed by atoms with E-state index in [-0.39, 0.29) is 5.91 Å². The van der Waals surface area contributed by atoms with Gasteiger partial charge in [-0.25, -0.2) is 0 Å². The third-order valence-corrected chi connectivity index (χ3v) is 3.21. The Morgan fingerprint density at radius 1 is 1.14 bits per heavy atom. The molecule has 116 valence electrons. The SMILES string of the molecule is CCN(c1ccccc1)c1ccc(C(=O)NCC(C)C)nn1. The highest BCUT2D eigenvalue weighted by Gasteiger charge is 2.12. The maximum Gasteiger partial charge on any atom is 0.271 e. The van der Waals surface area contributed by atoms with Gasteiger partial charge in [0.2, 0.25) is 0 Å². The normalized spacial score (nSPS) is 10.5. The molecule has 1 heterocycles. The van der Waals surface area contributed by atoms with Gasteiger partial charge in [-0.05, 0) is 37.1 Å². The van der Waals surface area contributed by atoms with Gasteiger partial charge >= 0.3 is 0 Å². The van der Waals surface area contributed by atoms with Crippen LogP contribution in [0.2, 0.25) is 0 Å². The molecule has 1 amide bonds. The van der Waals surface area contributed by atoms with Crippen molar-refractivity contribution in [1.82, 2.24) is 15.5 Å². The van der Waals surface area contributed by atoms with Crippen molar-refractivity contribution >= 4 is 17.4 Å². The van der Waals surface area contributed by atoms with Crippen molar-refractivity contribution in [3.63, 3.8) is 0 Å². The molecule has 0 aliphatic carbocycles. The molecule has 0 fully saturated rings. The fraction of sp³-hybridized carbons (Fsp3) is 0.353. The van der Waals surface area contributed by atoms with Crippen LogP contribution in [-0.2, 0) is 0 Å². The molecule has 2 aromatic rings. The maximum absolute atomic E-state index is 11.9. The Hall–Kier alpha value is -2.43. The molecule has 1 N–H and O–H groups in total. The maximum atomic E-state index is 11.9. The molecule has 22 heavy (non-hydrogen) atoms. The van der Waals surface area contributed by atoms with Gasteiger partial charge in [-0.2, -0.15) is 0 Å². The fourth-order valence-electron chi connectivity index (χ4n) is 2.06. The van der Waals surface area contributed by atoms with E-state index in [0.29, 0.717) is 18.2 Å². The van der Waals surface area contributed by atoms with Crippen LogP contribution >= 0.6 is 0 Å². The molecule has 0 radical (unpaired) electrons. The summed E-state index contributed by atoms with van der Waals surface area (Å²) >= 11 is 0. The molecule has 5 heteroatoms. The van der Waals surface area contributed by atoms with E-state index in [1.165, 1.54) is 0 Å². The predicted octanol–water partition coefficient (Wildman–Crippen LogP) is 3.02. The predicted molar refractivity (Wildman–Crippen MR) is 88.3 cm³/mol. The first kappa shape index (κ1) is 15.9. The highest BCUT2D eigenvalue weighted by molar-refractivity contribution is 5.92. The summed E-state index contributed by atoms with van der Waals surface area (Å²) in [6.07, 6.45) is 0. The van der Waals surface area contributed by atoms with Crippen LogP contribution in [-0.4, -0.2) is 29.2 Å². The van der Waals surface area contributed by atoms with Crippen molar-refractivity contribution in [2.75, 3.05) is 18.0 Å².